The summed E-state index contributed by atoms with van der Waals surface area (Å²) in [6.07, 6.45) is 0.730. The monoisotopic (exact) mass is 401 g/mol. The number of urea groups is 1. The largest absolute Gasteiger partial charge is 0.380 e. The summed E-state index contributed by atoms with van der Waals surface area (Å²) in [5, 5.41) is 2.89. The maximum Gasteiger partial charge on any atom is 0.326 e. The highest BCUT2D eigenvalue weighted by Gasteiger charge is 2.25. The Morgan fingerprint density at radius 1 is 1.04 bits per heavy atom. The highest BCUT2D eigenvalue weighted by atomic mass is 32.2. The summed E-state index contributed by atoms with van der Waals surface area (Å²) in [4.78, 5) is 14.0. The second kappa shape index (κ2) is 9.50. The smallest absolute Gasteiger partial charge is 0.326 e. The topological polar surface area (TPSA) is 87.7 Å². The van der Waals surface area contributed by atoms with E-state index in [-0.39, 0.29) is 12.6 Å². The van der Waals surface area contributed by atoms with Gasteiger partial charge in [0.15, 0.2) is 0 Å². The summed E-state index contributed by atoms with van der Waals surface area (Å²) in [5.74, 6) is 0. The molecule has 2 amide bonds. The molecule has 28 heavy (non-hydrogen) atoms. The fourth-order valence-electron chi connectivity index (χ4n) is 2.96. The Morgan fingerprint density at radius 3 is 2.50 bits per heavy atom. The molecule has 0 fully saturated rings. The van der Waals surface area contributed by atoms with Crippen molar-refractivity contribution in [3.63, 3.8) is 0 Å². The fourth-order valence-corrected chi connectivity index (χ4v) is 3.23. The Hall–Kier alpha value is -2.68. The molecular formula is C20H23N3O4S. The number of amides is 2. The molecule has 0 unspecified atom stereocenters. The SMILES string of the molecule is C=C1c2ccccc2NC(=O)N1Cc1ccc(CCOCCN[SH](=O)=O)cc1. The Labute approximate surface area is 166 Å². The van der Waals surface area contributed by atoms with E-state index in [4.69, 9.17) is 4.74 Å². The highest BCUT2D eigenvalue weighted by Crippen LogP contribution is 2.31. The molecule has 1 aliphatic rings. The number of anilines is 1. The molecule has 3 rings (SSSR count). The summed E-state index contributed by atoms with van der Waals surface area (Å²) in [6, 6.07) is 15.4. The molecule has 8 heteroatoms. The molecule has 0 radical (unpaired) electrons. The number of hydrogen-bond acceptors (Lipinski definition) is 4. The molecule has 0 saturated heterocycles. The lowest BCUT2D eigenvalue weighted by Crippen LogP contribution is -2.36. The van der Waals surface area contributed by atoms with Crippen LogP contribution in [-0.2, 0) is 28.6 Å². The average Bonchev–Trinajstić information content (AvgIpc) is 2.68. The first-order valence-electron chi connectivity index (χ1n) is 8.95. The number of para-hydroxylation sites is 1. The molecule has 0 saturated carbocycles. The van der Waals surface area contributed by atoms with Crippen LogP contribution in [0.4, 0.5) is 10.5 Å². The zero-order valence-electron chi connectivity index (χ0n) is 15.4. The van der Waals surface area contributed by atoms with Crippen LogP contribution in [-0.4, -0.2) is 39.1 Å². The normalized spacial score (nSPS) is 13.5. The lowest BCUT2D eigenvalue weighted by Gasteiger charge is -2.31. The third-order valence-electron chi connectivity index (χ3n) is 4.44. The average molecular weight is 401 g/mol. The van der Waals surface area contributed by atoms with E-state index in [9.17, 15) is 13.2 Å². The van der Waals surface area contributed by atoms with Gasteiger partial charge in [-0.2, -0.15) is 0 Å². The minimum absolute atomic E-state index is 0.186. The zero-order valence-corrected chi connectivity index (χ0v) is 16.3. The molecule has 2 aromatic rings. The first-order valence-corrected chi connectivity index (χ1v) is 10.1. The maximum atomic E-state index is 12.4. The molecule has 2 N–H and O–H groups in total. The molecule has 0 bridgehead atoms. The summed E-state index contributed by atoms with van der Waals surface area (Å²) >= 11 is 0. The number of ether oxygens (including phenoxy) is 1. The Morgan fingerprint density at radius 2 is 1.75 bits per heavy atom. The van der Waals surface area contributed by atoms with Crippen molar-refractivity contribution in [1.82, 2.24) is 9.62 Å². The van der Waals surface area contributed by atoms with Crippen molar-refractivity contribution < 1.29 is 17.9 Å². The summed E-state index contributed by atoms with van der Waals surface area (Å²) in [5.41, 5.74) is 4.50. The molecule has 0 aliphatic carbocycles. The fraction of sp³-hybridized carbons (Fsp3) is 0.250. The third kappa shape index (κ3) is 5.19. The molecule has 2 aromatic carbocycles. The van der Waals surface area contributed by atoms with Crippen LogP contribution in [0.1, 0.15) is 16.7 Å². The van der Waals surface area contributed by atoms with Crippen molar-refractivity contribution >= 4 is 28.3 Å². The van der Waals surface area contributed by atoms with Crippen molar-refractivity contribution in [2.24, 2.45) is 0 Å². The van der Waals surface area contributed by atoms with Crippen molar-refractivity contribution in [2.75, 3.05) is 25.1 Å². The van der Waals surface area contributed by atoms with Crippen LogP contribution in [0.25, 0.3) is 5.70 Å². The summed E-state index contributed by atoms with van der Waals surface area (Å²) in [7, 11) is -2.57. The Kier molecular flexibility index (Phi) is 6.80. The van der Waals surface area contributed by atoms with Gasteiger partial charge < -0.3 is 10.1 Å². The van der Waals surface area contributed by atoms with Gasteiger partial charge in [-0.25, -0.2) is 17.9 Å². The van der Waals surface area contributed by atoms with E-state index in [1.54, 1.807) is 4.90 Å². The zero-order chi connectivity index (χ0) is 19.9. The number of carbonyl (C=O) groups is 1. The molecular weight excluding hydrogens is 378 g/mol. The van der Waals surface area contributed by atoms with Gasteiger partial charge >= 0.3 is 6.03 Å². The van der Waals surface area contributed by atoms with E-state index in [0.29, 0.717) is 25.5 Å². The van der Waals surface area contributed by atoms with E-state index in [0.717, 1.165) is 28.8 Å². The number of carbonyl (C=O) groups excluding carboxylic acids is 1. The van der Waals surface area contributed by atoms with Crippen molar-refractivity contribution in [2.45, 2.75) is 13.0 Å². The van der Waals surface area contributed by atoms with Crippen molar-refractivity contribution in [1.29, 1.82) is 0 Å². The molecule has 148 valence electrons. The number of nitrogens with zero attached hydrogens (tertiary/aromatic N) is 1. The number of thiol groups is 1. The highest BCUT2D eigenvalue weighted by molar-refractivity contribution is 7.70. The van der Waals surface area contributed by atoms with Gasteiger partial charge in [-0.1, -0.05) is 49.0 Å². The summed E-state index contributed by atoms with van der Waals surface area (Å²) in [6.45, 7) is 5.66. The molecule has 0 atom stereocenters. The molecule has 0 spiro atoms. The van der Waals surface area contributed by atoms with Gasteiger partial charge in [0.2, 0.25) is 10.9 Å². The van der Waals surface area contributed by atoms with Crippen LogP contribution in [0.15, 0.2) is 55.1 Å². The van der Waals surface area contributed by atoms with Gasteiger partial charge in [-0.3, -0.25) is 4.90 Å². The number of rotatable bonds is 9. The van der Waals surface area contributed by atoms with Crippen LogP contribution >= 0.6 is 0 Å². The van der Waals surface area contributed by atoms with E-state index >= 15 is 0 Å². The molecule has 1 heterocycles. The van der Waals surface area contributed by atoms with Gasteiger partial charge in [0.25, 0.3) is 0 Å². The minimum Gasteiger partial charge on any atom is -0.380 e. The van der Waals surface area contributed by atoms with Crippen LogP contribution in [0.2, 0.25) is 0 Å². The second-order valence-electron chi connectivity index (χ2n) is 6.35. The predicted molar refractivity (Wildman–Crippen MR) is 109 cm³/mol. The lowest BCUT2D eigenvalue weighted by atomic mass is 10.1. The van der Waals surface area contributed by atoms with Crippen LogP contribution in [0.3, 0.4) is 0 Å². The second-order valence-corrected chi connectivity index (χ2v) is 7.18. The number of benzene rings is 2. The minimum atomic E-state index is -2.57. The Balaban J connectivity index is 1.52. The van der Waals surface area contributed by atoms with Gasteiger partial charge in [-0.15, -0.1) is 0 Å². The first kappa shape index (κ1) is 20.1. The number of fused-ring (bicyclic) bond motifs is 1. The standard InChI is InChI=1S/C20H23N3O4S/c1-15-18-4-2-3-5-19(18)22-20(24)23(15)14-17-8-6-16(7-9-17)10-12-27-13-11-21-28(25)26/h2-9,28H,1,10-14H2,(H,22,24)(H,21,25,26). The van der Waals surface area contributed by atoms with Crippen LogP contribution in [0, 0.1) is 0 Å². The molecule has 0 aromatic heterocycles. The van der Waals surface area contributed by atoms with Crippen LogP contribution in [0.5, 0.6) is 0 Å². The van der Waals surface area contributed by atoms with Gasteiger partial charge in [-0.05, 0) is 23.6 Å². The van der Waals surface area contributed by atoms with Crippen molar-refractivity contribution in [3.05, 3.63) is 71.8 Å². The lowest BCUT2D eigenvalue weighted by molar-refractivity contribution is 0.142. The molecule has 7 nitrogen and oxygen atoms in total. The predicted octanol–water partition coefficient (Wildman–Crippen LogP) is 2.38. The molecule has 1 aliphatic heterocycles. The van der Waals surface area contributed by atoms with Gasteiger partial charge in [0.1, 0.15) is 0 Å². The Bertz CT molecular complexity index is 917. The van der Waals surface area contributed by atoms with E-state index in [2.05, 4.69) is 16.6 Å². The van der Waals surface area contributed by atoms with Gasteiger partial charge in [0.05, 0.1) is 25.4 Å². The number of hydrogen-bond donors (Lipinski definition) is 3. The summed E-state index contributed by atoms with van der Waals surface area (Å²) < 4.78 is 28.4. The van der Waals surface area contributed by atoms with E-state index < -0.39 is 10.9 Å². The van der Waals surface area contributed by atoms with E-state index in [1.807, 2.05) is 48.5 Å². The van der Waals surface area contributed by atoms with Crippen molar-refractivity contribution in [3.8, 4) is 0 Å². The van der Waals surface area contributed by atoms with Crippen LogP contribution < -0.4 is 10.0 Å². The maximum absolute atomic E-state index is 12.4. The number of nitrogens with one attached hydrogen (secondary N) is 2. The first-order chi connectivity index (χ1) is 13.5. The van der Waals surface area contributed by atoms with E-state index in [1.165, 1.54) is 0 Å². The van der Waals surface area contributed by atoms with Gasteiger partial charge in [0, 0.05) is 17.8 Å². The quantitative estimate of drug-likeness (QED) is 0.445. The third-order valence-corrected chi connectivity index (χ3v) is 4.92.